The van der Waals surface area contributed by atoms with E-state index in [0.717, 1.165) is 0 Å². The number of nitrogens with one attached hydrogen (secondary N) is 1. The third-order valence-corrected chi connectivity index (χ3v) is 2.22. The summed E-state index contributed by atoms with van der Waals surface area (Å²) in [5, 5.41) is 2.43. The Labute approximate surface area is 105 Å². The molecule has 0 radical (unpaired) electrons. The van der Waals surface area contributed by atoms with Gasteiger partial charge in [0.15, 0.2) is 6.61 Å². The largest absolute Gasteiger partial charge is 0.484 e. The molecule has 1 atom stereocenters. The van der Waals surface area contributed by atoms with Crippen molar-refractivity contribution in [2.45, 2.75) is 13.0 Å². The van der Waals surface area contributed by atoms with E-state index < -0.39 is 11.9 Å². The first-order chi connectivity index (χ1) is 8.54. The molecule has 0 aliphatic heterocycles. The molecule has 0 unspecified atom stereocenters. The van der Waals surface area contributed by atoms with Gasteiger partial charge in [0.05, 0.1) is 6.54 Å². The second kappa shape index (κ2) is 6.62. The predicted molar refractivity (Wildman–Crippen MR) is 66.3 cm³/mol. The summed E-state index contributed by atoms with van der Waals surface area (Å²) in [7, 11) is 0. The fraction of sp³-hybridized carbons (Fsp3) is 0.308. The second-order valence-electron chi connectivity index (χ2n) is 3.74. The Kier molecular flexibility index (Phi) is 5.15. The van der Waals surface area contributed by atoms with Gasteiger partial charge in [-0.25, -0.2) is 4.39 Å². The average molecular weight is 250 g/mol. The maximum atomic E-state index is 13.5. The van der Waals surface area contributed by atoms with E-state index >= 15 is 0 Å². The summed E-state index contributed by atoms with van der Waals surface area (Å²) in [6.45, 7) is 1.62. The van der Waals surface area contributed by atoms with Gasteiger partial charge in [-0.15, -0.1) is 6.42 Å². The Morgan fingerprint density at radius 2 is 2.39 bits per heavy atom. The topological polar surface area (TPSA) is 64.3 Å². The van der Waals surface area contributed by atoms with Crippen LogP contribution in [0.15, 0.2) is 18.2 Å². The highest BCUT2D eigenvalue weighted by Gasteiger charge is 2.09. The van der Waals surface area contributed by atoms with Crippen molar-refractivity contribution in [3.63, 3.8) is 0 Å². The standard InChI is InChI=1S/C13H15FN2O2/c1-3-6-16-13(17)8-18-10-4-5-11(9(2)15)12(14)7-10/h1,4-5,7,9H,6,8,15H2,2H3,(H,16,17)/t9-/m1/s1. The zero-order valence-corrected chi connectivity index (χ0v) is 10.1. The molecule has 1 rings (SSSR count). The Bertz CT molecular complexity index is 467. The van der Waals surface area contributed by atoms with Crippen LogP contribution in [-0.2, 0) is 4.79 Å². The van der Waals surface area contributed by atoms with Gasteiger partial charge in [-0.2, -0.15) is 0 Å². The molecule has 0 aromatic heterocycles. The number of carbonyl (C=O) groups is 1. The van der Waals surface area contributed by atoms with Gasteiger partial charge < -0.3 is 15.8 Å². The minimum Gasteiger partial charge on any atom is -0.484 e. The summed E-state index contributed by atoms with van der Waals surface area (Å²) in [6.07, 6.45) is 4.98. The van der Waals surface area contributed by atoms with Gasteiger partial charge in [0.2, 0.25) is 0 Å². The molecule has 0 saturated carbocycles. The lowest BCUT2D eigenvalue weighted by molar-refractivity contribution is -0.122. The SMILES string of the molecule is C#CCNC(=O)COc1ccc([C@@H](C)N)c(F)c1. The minimum absolute atomic E-state index is 0.139. The highest BCUT2D eigenvalue weighted by molar-refractivity contribution is 5.77. The molecule has 0 spiro atoms. The molecule has 1 amide bonds. The van der Waals surface area contributed by atoms with Crippen LogP contribution in [0.1, 0.15) is 18.5 Å². The molecule has 0 heterocycles. The summed E-state index contributed by atoms with van der Waals surface area (Å²) >= 11 is 0. The number of terminal acetylenes is 1. The first kappa shape index (κ1) is 14.0. The fourth-order valence-corrected chi connectivity index (χ4v) is 1.32. The lowest BCUT2D eigenvalue weighted by Gasteiger charge is -2.10. The summed E-state index contributed by atoms with van der Waals surface area (Å²) in [5.41, 5.74) is 5.98. The van der Waals surface area contributed by atoms with E-state index in [0.29, 0.717) is 5.56 Å². The van der Waals surface area contributed by atoms with Crippen molar-refractivity contribution in [3.8, 4) is 18.1 Å². The van der Waals surface area contributed by atoms with Gasteiger partial charge in [-0.05, 0) is 13.0 Å². The molecule has 4 nitrogen and oxygen atoms in total. The van der Waals surface area contributed by atoms with Crippen molar-refractivity contribution in [1.82, 2.24) is 5.32 Å². The second-order valence-corrected chi connectivity index (χ2v) is 3.74. The molecule has 1 aromatic rings. The molecule has 1 aromatic carbocycles. The van der Waals surface area contributed by atoms with E-state index in [4.69, 9.17) is 16.9 Å². The molecular weight excluding hydrogens is 235 g/mol. The van der Waals surface area contributed by atoms with Gasteiger partial charge in [0, 0.05) is 17.7 Å². The maximum absolute atomic E-state index is 13.5. The molecule has 96 valence electrons. The van der Waals surface area contributed by atoms with Gasteiger partial charge in [0.25, 0.3) is 5.91 Å². The third-order valence-electron chi connectivity index (χ3n) is 2.22. The van der Waals surface area contributed by atoms with Crippen molar-refractivity contribution in [2.75, 3.05) is 13.2 Å². The molecule has 18 heavy (non-hydrogen) atoms. The van der Waals surface area contributed by atoms with Crippen LogP contribution in [0.25, 0.3) is 0 Å². The van der Waals surface area contributed by atoms with Crippen molar-refractivity contribution in [1.29, 1.82) is 0 Å². The zero-order valence-electron chi connectivity index (χ0n) is 10.1. The number of halogens is 1. The first-order valence-electron chi connectivity index (χ1n) is 5.42. The third kappa shape index (κ3) is 4.07. The van der Waals surface area contributed by atoms with Crippen LogP contribution in [0.2, 0.25) is 0 Å². The number of carbonyl (C=O) groups excluding carboxylic acids is 1. The van der Waals surface area contributed by atoms with Crippen molar-refractivity contribution >= 4 is 5.91 Å². The van der Waals surface area contributed by atoms with Crippen LogP contribution >= 0.6 is 0 Å². The smallest absolute Gasteiger partial charge is 0.258 e. The van der Waals surface area contributed by atoms with Crippen LogP contribution < -0.4 is 15.8 Å². The van der Waals surface area contributed by atoms with Crippen molar-refractivity contribution in [2.24, 2.45) is 5.73 Å². The quantitative estimate of drug-likeness (QED) is 0.765. The molecule has 5 heteroatoms. The van der Waals surface area contributed by atoms with Crippen molar-refractivity contribution < 1.29 is 13.9 Å². The van der Waals surface area contributed by atoms with Crippen LogP contribution in [0.4, 0.5) is 4.39 Å². The summed E-state index contributed by atoms with van der Waals surface area (Å²) in [4.78, 5) is 11.2. The minimum atomic E-state index is -0.452. The number of benzene rings is 1. The number of hydrogen-bond donors (Lipinski definition) is 2. The predicted octanol–water partition coefficient (Wildman–Crippen LogP) is 0.974. The molecule has 0 bridgehead atoms. The molecular formula is C13H15FN2O2. The van der Waals surface area contributed by atoms with E-state index in [-0.39, 0.29) is 24.8 Å². The molecule has 0 aliphatic rings. The van der Waals surface area contributed by atoms with E-state index in [1.807, 2.05) is 0 Å². The number of nitrogens with two attached hydrogens (primary N) is 1. The fourth-order valence-electron chi connectivity index (χ4n) is 1.32. The molecule has 0 saturated heterocycles. The molecule has 0 fully saturated rings. The van der Waals surface area contributed by atoms with E-state index in [2.05, 4.69) is 11.2 Å². The number of hydrogen-bond acceptors (Lipinski definition) is 3. The van der Waals surface area contributed by atoms with Crippen molar-refractivity contribution in [3.05, 3.63) is 29.6 Å². The Morgan fingerprint density at radius 1 is 1.67 bits per heavy atom. The van der Waals surface area contributed by atoms with E-state index in [9.17, 15) is 9.18 Å². The Hall–Kier alpha value is -2.06. The lowest BCUT2D eigenvalue weighted by atomic mass is 10.1. The van der Waals surface area contributed by atoms with Crippen LogP contribution in [0.3, 0.4) is 0 Å². The number of amides is 1. The zero-order chi connectivity index (χ0) is 13.5. The van der Waals surface area contributed by atoms with Crippen LogP contribution in [0.5, 0.6) is 5.75 Å². The van der Waals surface area contributed by atoms with Gasteiger partial charge in [-0.3, -0.25) is 4.79 Å². The van der Waals surface area contributed by atoms with E-state index in [1.54, 1.807) is 13.0 Å². The number of rotatable bonds is 5. The van der Waals surface area contributed by atoms with E-state index in [1.165, 1.54) is 12.1 Å². The Morgan fingerprint density at radius 3 is 2.94 bits per heavy atom. The van der Waals surface area contributed by atoms with Gasteiger partial charge >= 0.3 is 0 Å². The summed E-state index contributed by atoms with van der Waals surface area (Å²) < 4.78 is 18.7. The molecule has 0 aliphatic carbocycles. The van der Waals surface area contributed by atoms with Crippen LogP contribution in [0, 0.1) is 18.2 Å². The molecule has 3 N–H and O–H groups in total. The highest BCUT2D eigenvalue weighted by Crippen LogP contribution is 2.20. The maximum Gasteiger partial charge on any atom is 0.258 e. The van der Waals surface area contributed by atoms with Crippen LogP contribution in [-0.4, -0.2) is 19.1 Å². The normalized spacial score (nSPS) is 11.4. The highest BCUT2D eigenvalue weighted by atomic mass is 19.1. The Balaban J connectivity index is 2.56. The van der Waals surface area contributed by atoms with Gasteiger partial charge in [0.1, 0.15) is 11.6 Å². The summed E-state index contributed by atoms with van der Waals surface area (Å²) in [6, 6.07) is 3.91. The first-order valence-corrected chi connectivity index (χ1v) is 5.42. The average Bonchev–Trinajstić information content (AvgIpc) is 2.33. The summed E-state index contributed by atoms with van der Waals surface area (Å²) in [5.74, 6) is 1.73. The van der Waals surface area contributed by atoms with Gasteiger partial charge in [-0.1, -0.05) is 12.0 Å². The monoisotopic (exact) mass is 250 g/mol. The number of ether oxygens (including phenoxy) is 1. The lowest BCUT2D eigenvalue weighted by Crippen LogP contribution is -2.29.